The van der Waals surface area contributed by atoms with Crippen molar-refractivity contribution in [3.8, 4) is 5.75 Å². The van der Waals surface area contributed by atoms with Crippen LogP contribution in [0.15, 0.2) is 36.8 Å². The number of nitrogens with zero attached hydrogens (tertiary/aromatic N) is 3. The lowest BCUT2D eigenvalue weighted by molar-refractivity contribution is 0.0702. The van der Waals surface area contributed by atoms with E-state index in [-0.39, 0.29) is 17.4 Å². The summed E-state index contributed by atoms with van der Waals surface area (Å²) in [4.78, 5) is 22.9. The molecule has 1 amide bonds. The third kappa shape index (κ3) is 3.31. The first-order chi connectivity index (χ1) is 11.2. The number of likely N-dealkylation sites (tertiary alicyclic amines) is 1. The van der Waals surface area contributed by atoms with Crippen LogP contribution in [0.1, 0.15) is 34.8 Å². The van der Waals surface area contributed by atoms with Gasteiger partial charge in [-0.05, 0) is 31.0 Å². The minimum atomic E-state index is -0.448. The van der Waals surface area contributed by atoms with E-state index in [1.807, 2.05) is 0 Å². The molecule has 0 bridgehead atoms. The molecule has 1 aliphatic rings. The first-order valence-electron chi connectivity index (χ1n) is 7.57. The molecule has 1 unspecified atom stereocenters. The van der Waals surface area contributed by atoms with Crippen molar-refractivity contribution in [1.82, 2.24) is 14.9 Å². The standard InChI is InChI=1S/C17H18FN3O2/c1-23-16-5-4-13(18)9-14(16)17(22)21-8-2-3-12(11-21)15-10-19-6-7-20-15/h4-7,9-10,12H,2-3,8,11H2,1H3. The summed E-state index contributed by atoms with van der Waals surface area (Å²) in [7, 11) is 1.47. The maximum atomic E-state index is 13.5. The van der Waals surface area contributed by atoms with Gasteiger partial charge < -0.3 is 9.64 Å². The average Bonchev–Trinajstić information content (AvgIpc) is 2.62. The number of carbonyl (C=O) groups is 1. The van der Waals surface area contributed by atoms with Crippen molar-refractivity contribution < 1.29 is 13.9 Å². The summed E-state index contributed by atoms with van der Waals surface area (Å²) in [6.07, 6.45) is 6.87. The number of hydrogen-bond donors (Lipinski definition) is 0. The number of carbonyl (C=O) groups excluding carboxylic acids is 1. The molecule has 0 aliphatic carbocycles. The van der Waals surface area contributed by atoms with Gasteiger partial charge in [0, 0.05) is 37.6 Å². The van der Waals surface area contributed by atoms with Crippen LogP contribution in [0.4, 0.5) is 4.39 Å². The van der Waals surface area contributed by atoms with E-state index in [9.17, 15) is 9.18 Å². The van der Waals surface area contributed by atoms with Gasteiger partial charge in [0.05, 0.1) is 18.4 Å². The minimum Gasteiger partial charge on any atom is -0.496 e. The Balaban J connectivity index is 1.81. The zero-order valence-electron chi connectivity index (χ0n) is 12.9. The number of hydrogen-bond acceptors (Lipinski definition) is 4. The molecule has 6 heteroatoms. The van der Waals surface area contributed by atoms with Gasteiger partial charge in [-0.1, -0.05) is 0 Å². The summed E-state index contributed by atoms with van der Waals surface area (Å²) in [6.45, 7) is 1.20. The second-order valence-electron chi connectivity index (χ2n) is 5.57. The Morgan fingerprint density at radius 3 is 3.00 bits per heavy atom. The molecule has 0 radical (unpaired) electrons. The molecule has 5 nitrogen and oxygen atoms in total. The molecule has 0 saturated carbocycles. The third-order valence-electron chi connectivity index (χ3n) is 4.10. The van der Waals surface area contributed by atoms with E-state index in [0.29, 0.717) is 18.8 Å². The summed E-state index contributed by atoms with van der Waals surface area (Å²) >= 11 is 0. The Bertz CT molecular complexity index is 693. The second kappa shape index (κ2) is 6.73. The topological polar surface area (TPSA) is 55.3 Å². The van der Waals surface area contributed by atoms with Crippen LogP contribution in [0.25, 0.3) is 0 Å². The summed E-state index contributed by atoms with van der Waals surface area (Å²) in [6, 6.07) is 3.99. The van der Waals surface area contributed by atoms with Crippen LogP contribution >= 0.6 is 0 Å². The van der Waals surface area contributed by atoms with Crippen molar-refractivity contribution in [2.75, 3.05) is 20.2 Å². The molecule has 0 spiro atoms. The SMILES string of the molecule is COc1ccc(F)cc1C(=O)N1CCCC(c2cnccn2)C1. The van der Waals surface area contributed by atoms with Crippen molar-refractivity contribution in [3.63, 3.8) is 0 Å². The number of halogens is 1. The van der Waals surface area contributed by atoms with E-state index in [1.54, 1.807) is 23.5 Å². The number of piperidine rings is 1. The van der Waals surface area contributed by atoms with Gasteiger partial charge >= 0.3 is 0 Å². The van der Waals surface area contributed by atoms with Crippen molar-refractivity contribution in [1.29, 1.82) is 0 Å². The summed E-state index contributed by atoms with van der Waals surface area (Å²) < 4.78 is 18.7. The molecule has 1 fully saturated rings. The van der Waals surface area contributed by atoms with Crippen LogP contribution in [0.5, 0.6) is 5.75 Å². The number of methoxy groups -OCH3 is 1. The molecule has 0 N–H and O–H groups in total. The maximum absolute atomic E-state index is 13.5. The van der Waals surface area contributed by atoms with E-state index in [2.05, 4.69) is 9.97 Å². The van der Waals surface area contributed by atoms with Gasteiger partial charge in [-0.2, -0.15) is 0 Å². The van der Waals surface area contributed by atoms with E-state index in [4.69, 9.17) is 4.74 Å². The Morgan fingerprint density at radius 2 is 2.26 bits per heavy atom. The predicted molar refractivity (Wildman–Crippen MR) is 82.9 cm³/mol. The Hall–Kier alpha value is -2.50. The maximum Gasteiger partial charge on any atom is 0.257 e. The highest BCUT2D eigenvalue weighted by Crippen LogP contribution is 2.28. The second-order valence-corrected chi connectivity index (χ2v) is 5.57. The van der Waals surface area contributed by atoms with Crippen molar-refractivity contribution in [3.05, 3.63) is 53.9 Å². The smallest absolute Gasteiger partial charge is 0.257 e. The van der Waals surface area contributed by atoms with Crippen LogP contribution in [0, 0.1) is 5.82 Å². The Labute approximate surface area is 134 Å². The van der Waals surface area contributed by atoms with Crippen LogP contribution in [-0.2, 0) is 0 Å². The highest BCUT2D eigenvalue weighted by Gasteiger charge is 2.28. The first-order valence-corrected chi connectivity index (χ1v) is 7.57. The van der Waals surface area contributed by atoms with Gasteiger partial charge in [0.15, 0.2) is 0 Å². The quantitative estimate of drug-likeness (QED) is 0.874. The number of benzene rings is 1. The number of aromatic nitrogens is 2. The fourth-order valence-corrected chi connectivity index (χ4v) is 2.94. The third-order valence-corrected chi connectivity index (χ3v) is 4.10. The van der Waals surface area contributed by atoms with Crippen molar-refractivity contribution in [2.45, 2.75) is 18.8 Å². The summed E-state index contributed by atoms with van der Waals surface area (Å²) in [5.74, 6) is -0.120. The Morgan fingerprint density at radius 1 is 1.39 bits per heavy atom. The number of ether oxygens (including phenoxy) is 1. The Kier molecular flexibility index (Phi) is 4.50. The van der Waals surface area contributed by atoms with Gasteiger partial charge in [0.25, 0.3) is 5.91 Å². The van der Waals surface area contributed by atoms with Crippen LogP contribution in [-0.4, -0.2) is 41.0 Å². The largest absolute Gasteiger partial charge is 0.496 e. The molecule has 1 aromatic heterocycles. The number of rotatable bonds is 3. The lowest BCUT2D eigenvalue weighted by Gasteiger charge is -2.32. The summed E-state index contributed by atoms with van der Waals surface area (Å²) in [5.41, 5.74) is 1.14. The van der Waals surface area contributed by atoms with Crippen LogP contribution < -0.4 is 4.74 Å². The lowest BCUT2D eigenvalue weighted by Crippen LogP contribution is -2.39. The van der Waals surface area contributed by atoms with Crippen LogP contribution in [0.3, 0.4) is 0 Å². The van der Waals surface area contributed by atoms with Crippen molar-refractivity contribution in [2.24, 2.45) is 0 Å². The zero-order chi connectivity index (χ0) is 16.2. The molecule has 1 saturated heterocycles. The van der Waals surface area contributed by atoms with E-state index < -0.39 is 5.82 Å². The number of amides is 1. The van der Waals surface area contributed by atoms with Gasteiger partial charge in [0.2, 0.25) is 0 Å². The molecule has 3 rings (SSSR count). The summed E-state index contributed by atoms with van der Waals surface area (Å²) in [5, 5.41) is 0. The zero-order valence-corrected chi connectivity index (χ0v) is 12.9. The van der Waals surface area contributed by atoms with Gasteiger partial charge in [-0.25, -0.2) is 4.39 Å². The molecule has 1 atom stereocenters. The van der Waals surface area contributed by atoms with Crippen molar-refractivity contribution >= 4 is 5.91 Å². The lowest BCUT2D eigenvalue weighted by atomic mass is 9.94. The molecule has 2 aromatic rings. The van der Waals surface area contributed by atoms with E-state index in [1.165, 1.54) is 25.3 Å². The molecular formula is C17H18FN3O2. The predicted octanol–water partition coefficient (Wildman–Crippen LogP) is 2.64. The minimum absolute atomic E-state index is 0.154. The fourth-order valence-electron chi connectivity index (χ4n) is 2.94. The van der Waals surface area contributed by atoms with Gasteiger partial charge in [-0.15, -0.1) is 0 Å². The normalized spacial score (nSPS) is 17.8. The molecule has 120 valence electrons. The fraction of sp³-hybridized carbons (Fsp3) is 0.353. The molecule has 1 aromatic carbocycles. The molecule has 23 heavy (non-hydrogen) atoms. The molecular weight excluding hydrogens is 297 g/mol. The van der Waals surface area contributed by atoms with Gasteiger partial charge in [0.1, 0.15) is 11.6 Å². The molecule has 1 aliphatic heterocycles. The highest BCUT2D eigenvalue weighted by molar-refractivity contribution is 5.97. The first kappa shape index (κ1) is 15.4. The highest BCUT2D eigenvalue weighted by atomic mass is 19.1. The van der Waals surface area contributed by atoms with E-state index >= 15 is 0 Å². The van der Waals surface area contributed by atoms with Gasteiger partial charge in [-0.3, -0.25) is 14.8 Å². The monoisotopic (exact) mass is 315 g/mol. The van der Waals surface area contributed by atoms with E-state index in [0.717, 1.165) is 18.5 Å². The van der Waals surface area contributed by atoms with Crippen LogP contribution in [0.2, 0.25) is 0 Å². The average molecular weight is 315 g/mol. The molecule has 2 heterocycles.